The molecule has 0 saturated carbocycles. The van der Waals surface area contributed by atoms with Crippen LogP contribution in [0.15, 0.2) is 24.4 Å². The number of hydrogen-bond donors (Lipinski definition) is 1. The lowest BCUT2D eigenvalue weighted by molar-refractivity contribution is -0.122. The first-order valence-corrected chi connectivity index (χ1v) is 4.22. The lowest BCUT2D eigenvalue weighted by Gasteiger charge is -2.38. The van der Waals surface area contributed by atoms with Crippen LogP contribution >= 0.6 is 0 Å². The summed E-state index contributed by atoms with van der Waals surface area (Å²) in [5.74, 6) is 0.703. The fourth-order valence-corrected chi connectivity index (χ4v) is 1.39. The maximum Gasteiger partial charge on any atom is 0.224 e. The molecule has 1 fully saturated rings. The maximum absolute atomic E-state index is 10.7. The summed E-state index contributed by atoms with van der Waals surface area (Å²) in [6.07, 6.45) is 1.74. The topological polar surface area (TPSA) is 59.2 Å². The summed E-state index contributed by atoms with van der Waals surface area (Å²) >= 11 is 0. The van der Waals surface area contributed by atoms with Gasteiger partial charge in [0.2, 0.25) is 5.91 Å². The summed E-state index contributed by atoms with van der Waals surface area (Å²) in [4.78, 5) is 16.9. The minimum atomic E-state index is -0.216. The second-order valence-corrected chi connectivity index (χ2v) is 3.19. The number of nitrogens with two attached hydrogens (primary N) is 1. The average molecular weight is 177 g/mol. The molecular weight excluding hydrogens is 166 g/mol. The van der Waals surface area contributed by atoms with E-state index in [1.807, 2.05) is 23.1 Å². The lowest BCUT2D eigenvalue weighted by Crippen LogP contribution is -2.52. The van der Waals surface area contributed by atoms with Gasteiger partial charge in [0.1, 0.15) is 5.82 Å². The molecule has 0 aromatic carbocycles. The quantitative estimate of drug-likeness (QED) is 0.692. The molecule has 0 spiro atoms. The SMILES string of the molecule is NC(=O)C1CN(c2ccccn2)C1. The van der Waals surface area contributed by atoms with Crippen LogP contribution in [0.3, 0.4) is 0 Å². The highest BCUT2D eigenvalue weighted by molar-refractivity contribution is 5.79. The predicted molar refractivity (Wildman–Crippen MR) is 49.1 cm³/mol. The summed E-state index contributed by atoms with van der Waals surface area (Å²) in [5.41, 5.74) is 5.15. The molecular formula is C9H11N3O. The van der Waals surface area contributed by atoms with Crippen molar-refractivity contribution in [3.8, 4) is 0 Å². The highest BCUT2D eigenvalue weighted by Crippen LogP contribution is 2.21. The van der Waals surface area contributed by atoms with Crippen LogP contribution in [0.4, 0.5) is 5.82 Å². The van der Waals surface area contributed by atoms with Gasteiger partial charge in [-0.15, -0.1) is 0 Å². The minimum absolute atomic E-state index is 0.00186. The van der Waals surface area contributed by atoms with Gasteiger partial charge in [0.25, 0.3) is 0 Å². The Labute approximate surface area is 76.4 Å². The van der Waals surface area contributed by atoms with E-state index in [0.29, 0.717) is 13.1 Å². The van der Waals surface area contributed by atoms with Crippen molar-refractivity contribution in [1.29, 1.82) is 0 Å². The van der Waals surface area contributed by atoms with Gasteiger partial charge in [-0.05, 0) is 12.1 Å². The smallest absolute Gasteiger partial charge is 0.224 e. The summed E-state index contributed by atoms with van der Waals surface area (Å²) in [5, 5.41) is 0. The molecule has 13 heavy (non-hydrogen) atoms. The largest absolute Gasteiger partial charge is 0.369 e. The van der Waals surface area contributed by atoms with E-state index < -0.39 is 0 Å². The average Bonchev–Trinajstić information content (AvgIpc) is 2.02. The fourth-order valence-electron chi connectivity index (χ4n) is 1.39. The standard InChI is InChI=1S/C9H11N3O/c10-9(13)7-5-12(6-7)8-3-1-2-4-11-8/h1-4,7H,5-6H2,(H2,10,13). The Balaban J connectivity index is 1.98. The third-order valence-corrected chi connectivity index (χ3v) is 2.26. The van der Waals surface area contributed by atoms with E-state index in [2.05, 4.69) is 4.98 Å². The Hall–Kier alpha value is -1.58. The Morgan fingerprint density at radius 1 is 1.54 bits per heavy atom. The number of pyridine rings is 1. The second kappa shape index (κ2) is 3.05. The van der Waals surface area contributed by atoms with E-state index in [1.165, 1.54) is 0 Å². The molecule has 1 aromatic heterocycles. The monoisotopic (exact) mass is 177 g/mol. The number of primary amides is 1. The molecule has 1 saturated heterocycles. The number of nitrogens with zero attached hydrogens (tertiary/aromatic N) is 2. The van der Waals surface area contributed by atoms with Crippen LogP contribution in [0.1, 0.15) is 0 Å². The van der Waals surface area contributed by atoms with Gasteiger partial charge in [-0.2, -0.15) is 0 Å². The molecule has 0 radical (unpaired) electrons. The normalized spacial score (nSPS) is 16.8. The molecule has 2 N–H and O–H groups in total. The zero-order chi connectivity index (χ0) is 9.26. The molecule has 1 amide bonds. The zero-order valence-electron chi connectivity index (χ0n) is 7.18. The molecule has 2 rings (SSSR count). The third kappa shape index (κ3) is 1.47. The molecule has 4 nitrogen and oxygen atoms in total. The number of aromatic nitrogens is 1. The van der Waals surface area contributed by atoms with Crippen LogP contribution in [-0.2, 0) is 4.79 Å². The molecule has 1 aliphatic rings. The molecule has 1 aliphatic heterocycles. The van der Waals surface area contributed by atoms with Crippen molar-refractivity contribution in [1.82, 2.24) is 4.98 Å². The van der Waals surface area contributed by atoms with Gasteiger partial charge in [0.05, 0.1) is 5.92 Å². The van der Waals surface area contributed by atoms with Crippen molar-refractivity contribution in [3.63, 3.8) is 0 Å². The molecule has 0 atom stereocenters. The Bertz CT molecular complexity index is 306. The van der Waals surface area contributed by atoms with Crippen molar-refractivity contribution >= 4 is 11.7 Å². The number of carbonyl (C=O) groups excluding carboxylic acids is 1. The van der Waals surface area contributed by atoms with E-state index in [-0.39, 0.29) is 11.8 Å². The fraction of sp³-hybridized carbons (Fsp3) is 0.333. The van der Waals surface area contributed by atoms with Gasteiger partial charge >= 0.3 is 0 Å². The van der Waals surface area contributed by atoms with Crippen LogP contribution in [0.5, 0.6) is 0 Å². The highest BCUT2D eigenvalue weighted by atomic mass is 16.1. The van der Waals surface area contributed by atoms with Gasteiger partial charge in [-0.1, -0.05) is 6.07 Å². The van der Waals surface area contributed by atoms with Crippen molar-refractivity contribution < 1.29 is 4.79 Å². The number of hydrogen-bond acceptors (Lipinski definition) is 3. The molecule has 4 heteroatoms. The number of anilines is 1. The summed E-state index contributed by atoms with van der Waals surface area (Å²) < 4.78 is 0. The van der Waals surface area contributed by atoms with Gasteiger partial charge in [-0.25, -0.2) is 4.98 Å². The van der Waals surface area contributed by atoms with Crippen LogP contribution in [-0.4, -0.2) is 24.0 Å². The van der Waals surface area contributed by atoms with Crippen molar-refractivity contribution in [2.75, 3.05) is 18.0 Å². The van der Waals surface area contributed by atoms with Crippen molar-refractivity contribution in [3.05, 3.63) is 24.4 Å². The van der Waals surface area contributed by atoms with Crippen LogP contribution in [0.25, 0.3) is 0 Å². The number of carbonyl (C=O) groups is 1. The summed E-state index contributed by atoms with van der Waals surface area (Å²) in [6.45, 7) is 1.40. The Morgan fingerprint density at radius 2 is 2.31 bits per heavy atom. The molecule has 0 aliphatic carbocycles. The van der Waals surface area contributed by atoms with Crippen LogP contribution < -0.4 is 10.6 Å². The van der Waals surface area contributed by atoms with Gasteiger partial charge in [-0.3, -0.25) is 4.79 Å². The first-order valence-electron chi connectivity index (χ1n) is 4.22. The molecule has 68 valence electrons. The van der Waals surface area contributed by atoms with Crippen molar-refractivity contribution in [2.24, 2.45) is 11.7 Å². The molecule has 0 unspecified atom stereocenters. The van der Waals surface area contributed by atoms with E-state index in [9.17, 15) is 4.79 Å². The lowest BCUT2D eigenvalue weighted by atomic mass is 10.00. The first-order chi connectivity index (χ1) is 6.27. The highest BCUT2D eigenvalue weighted by Gasteiger charge is 2.31. The zero-order valence-corrected chi connectivity index (χ0v) is 7.18. The van der Waals surface area contributed by atoms with E-state index in [4.69, 9.17) is 5.73 Å². The molecule has 0 bridgehead atoms. The maximum atomic E-state index is 10.7. The third-order valence-electron chi connectivity index (χ3n) is 2.26. The molecule has 2 heterocycles. The second-order valence-electron chi connectivity index (χ2n) is 3.19. The van der Waals surface area contributed by atoms with E-state index in [1.54, 1.807) is 6.20 Å². The first kappa shape index (κ1) is 8.04. The van der Waals surface area contributed by atoms with Crippen LogP contribution in [0.2, 0.25) is 0 Å². The number of rotatable bonds is 2. The Morgan fingerprint density at radius 3 is 2.85 bits per heavy atom. The van der Waals surface area contributed by atoms with Gasteiger partial charge < -0.3 is 10.6 Å². The van der Waals surface area contributed by atoms with Gasteiger partial charge in [0, 0.05) is 19.3 Å². The van der Waals surface area contributed by atoms with Gasteiger partial charge in [0.15, 0.2) is 0 Å². The number of amides is 1. The van der Waals surface area contributed by atoms with Crippen LogP contribution in [0, 0.1) is 5.92 Å². The Kier molecular flexibility index (Phi) is 1.88. The van der Waals surface area contributed by atoms with E-state index >= 15 is 0 Å². The molecule has 1 aromatic rings. The summed E-state index contributed by atoms with van der Waals surface area (Å²) in [6, 6.07) is 5.73. The predicted octanol–water partition coefficient (Wildman–Crippen LogP) is 0.00310. The van der Waals surface area contributed by atoms with E-state index in [0.717, 1.165) is 5.82 Å². The minimum Gasteiger partial charge on any atom is -0.369 e. The summed E-state index contributed by atoms with van der Waals surface area (Å²) in [7, 11) is 0. The van der Waals surface area contributed by atoms with Crippen molar-refractivity contribution in [2.45, 2.75) is 0 Å².